The molecule has 2 heterocycles. The summed E-state index contributed by atoms with van der Waals surface area (Å²) in [6, 6.07) is 0. The summed E-state index contributed by atoms with van der Waals surface area (Å²) in [6.45, 7) is 11.1. The molecule has 6 heteroatoms. The zero-order chi connectivity index (χ0) is 13.6. The summed E-state index contributed by atoms with van der Waals surface area (Å²) in [5.41, 5.74) is -0.686. The maximum Gasteiger partial charge on any atom is 0.505 e. The number of Topliss-reactive ketones (excluding diaryl/α,β-unsaturated/α-hetero) is 1. The molecule has 2 saturated heterocycles. The average molecular weight is 273 g/mol. The molecule has 2 aliphatic heterocycles. The first kappa shape index (κ1) is 14.1. The van der Waals surface area contributed by atoms with Crippen molar-refractivity contribution < 1.29 is 18.1 Å². The van der Waals surface area contributed by atoms with Gasteiger partial charge in [-0.3, -0.25) is 10.1 Å². The van der Waals surface area contributed by atoms with E-state index in [1.807, 2.05) is 34.6 Å². The Bertz CT molecular complexity index is 342. The highest BCUT2D eigenvalue weighted by Crippen LogP contribution is 2.41. The minimum atomic E-state index is -2.47. The Morgan fingerprint density at radius 3 is 2.28 bits per heavy atom. The highest BCUT2D eigenvalue weighted by molar-refractivity contribution is 6.63. The van der Waals surface area contributed by atoms with Crippen molar-refractivity contribution in [2.24, 2.45) is 5.41 Å². The van der Waals surface area contributed by atoms with E-state index in [9.17, 15) is 4.79 Å². The van der Waals surface area contributed by atoms with Gasteiger partial charge in [-0.1, -0.05) is 34.6 Å². The van der Waals surface area contributed by atoms with Gasteiger partial charge >= 0.3 is 8.80 Å². The maximum atomic E-state index is 11.9. The van der Waals surface area contributed by atoms with Gasteiger partial charge in [0.2, 0.25) is 0 Å². The van der Waals surface area contributed by atoms with Crippen molar-refractivity contribution in [3.63, 3.8) is 0 Å². The van der Waals surface area contributed by atoms with Crippen LogP contribution in [0, 0.1) is 5.41 Å². The summed E-state index contributed by atoms with van der Waals surface area (Å²) >= 11 is 0. The van der Waals surface area contributed by atoms with E-state index in [0.29, 0.717) is 19.8 Å². The van der Waals surface area contributed by atoms with E-state index in [1.165, 1.54) is 0 Å². The van der Waals surface area contributed by atoms with Gasteiger partial charge in [0.25, 0.3) is 0 Å². The third kappa shape index (κ3) is 2.40. The van der Waals surface area contributed by atoms with Crippen LogP contribution < -0.4 is 5.32 Å². The standard InChI is InChI=1S/C12H23NO4Si/c1-9(2)18-15-7-12(17-18,8-16-18)13-6-10(14)11(3,4)5/h9,13H,6-8H2,1-5H3. The second-order valence-corrected chi connectivity index (χ2v) is 9.60. The number of rotatable bonds is 4. The van der Waals surface area contributed by atoms with Crippen molar-refractivity contribution in [2.75, 3.05) is 19.8 Å². The fourth-order valence-corrected chi connectivity index (χ4v) is 4.71. The molecule has 0 aromatic carbocycles. The first-order valence-electron chi connectivity index (χ1n) is 6.46. The second-order valence-electron chi connectivity index (χ2n) is 6.46. The van der Waals surface area contributed by atoms with Crippen LogP contribution in [0.15, 0.2) is 0 Å². The van der Waals surface area contributed by atoms with Crippen LogP contribution in [-0.4, -0.2) is 40.1 Å². The van der Waals surface area contributed by atoms with Crippen molar-refractivity contribution in [3.05, 3.63) is 0 Å². The van der Waals surface area contributed by atoms with Crippen molar-refractivity contribution >= 4 is 14.6 Å². The van der Waals surface area contributed by atoms with Gasteiger partial charge in [-0.2, -0.15) is 0 Å². The molecule has 0 atom stereocenters. The van der Waals surface area contributed by atoms with Crippen molar-refractivity contribution in [3.8, 4) is 0 Å². The number of hydrogen-bond acceptors (Lipinski definition) is 5. The van der Waals surface area contributed by atoms with Crippen LogP contribution in [-0.2, 0) is 18.1 Å². The molecule has 0 aliphatic carbocycles. The molecule has 0 spiro atoms. The highest BCUT2D eigenvalue weighted by Gasteiger charge is 2.64. The molecule has 0 aromatic heterocycles. The maximum absolute atomic E-state index is 11.9. The minimum absolute atomic E-state index is 0.163. The summed E-state index contributed by atoms with van der Waals surface area (Å²) in [5, 5.41) is 3.19. The zero-order valence-corrected chi connectivity index (χ0v) is 12.8. The highest BCUT2D eigenvalue weighted by atomic mass is 28.4. The number of carbonyl (C=O) groups is 1. The Morgan fingerprint density at radius 2 is 1.89 bits per heavy atom. The van der Waals surface area contributed by atoms with E-state index in [2.05, 4.69) is 5.32 Å². The smallest absolute Gasteiger partial charge is 0.369 e. The molecule has 2 rings (SSSR count). The summed E-state index contributed by atoms with van der Waals surface area (Å²) in [7, 11) is -2.47. The Morgan fingerprint density at radius 1 is 1.33 bits per heavy atom. The third-order valence-corrected chi connectivity index (χ3v) is 6.65. The number of fused-ring (bicyclic) bond motifs is 2. The van der Waals surface area contributed by atoms with E-state index in [1.54, 1.807) is 0 Å². The summed E-state index contributed by atoms with van der Waals surface area (Å²) in [5.74, 6) is 0.163. The lowest BCUT2D eigenvalue weighted by Crippen LogP contribution is -2.52. The fraction of sp³-hybridized carbons (Fsp3) is 0.917. The molecule has 0 aromatic rings. The van der Waals surface area contributed by atoms with Crippen LogP contribution in [0.3, 0.4) is 0 Å². The Balaban J connectivity index is 1.95. The quantitative estimate of drug-likeness (QED) is 0.783. The van der Waals surface area contributed by atoms with Crippen molar-refractivity contribution in [2.45, 2.75) is 45.9 Å². The first-order chi connectivity index (χ1) is 8.19. The molecule has 0 unspecified atom stereocenters. The second kappa shape index (κ2) is 4.38. The van der Waals surface area contributed by atoms with Crippen LogP contribution in [0.2, 0.25) is 5.54 Å². The Labute approximate surface area is 110 Å². The number of carbonyl (C=O) groups excluding carboxylic acids is 1. The van der Waals surface area contributed by atoms with Gasteiger partial charge in [0.15, 0.2) is 11.5 Å². The van der Waals surface area contributed by atoms with Crippen LogP contribution in [0.1, 0.15) is 34.6 Å². The molecule has 18 heavy (non-hydrogen) atoms. The molecule has 104 valence electrons. The molecule has 2 aliphatic rings. The SMILES string of the molecule is CC(C)[Si]12OCC(NCC(=O)C(C)(C)C)(CO1)O2. The normalized spacial score (nSPS) is 35.4. The molecular weight excluding hydrogens is 250 g/mol. The van der Waals surface area contributed by atoms with Crippen molar-refractivity contribution in [1.29, 1.82) is 0 Å². The summed E-state index contributed by atoms with van der Waals surface area (Å²) in [4.78, 5) is 11.9. The Hall–Kier alpha value is -0.273. The largest absolute Gasteiger partial charge is 0.505 e. The van der Waals surface area contributed by atoms with Gasteiger partial charge in [0.1, 0.15) is 0 Å². The van der Waals surface area contributed by atoms with Crippen LogP contribution in [0.5, 0.6) is 0 Å². The number of nitrogens with one attached hydrogen (secondary N) is 1. The fourth-order valence-electron chi connectivity index (χ4n) is 2.00. The van der Waals surface area contributed by atoms with Crippen LogP contribution in [0.4, 0.5) is 0 Å². The first-order valence-corrected chi connectivity index (χ1v) is 8.26. The molecule has 0 amide bonds. The van der Waals surface area contributed by atoms with Gasteiger partial charge in [0, 0.05) is 11.0 Å². The van der Waals surface area contributed by atoms with E-state index in [-0.39, 0.29) is 16.7 Å². The van der Waals surface area contributed by atoms with Gasteiger partial charge < -0.3 is 13.3 Å². The number of ketones is 1. The third-order valence-electron chi connectivity index (χ3n) is 3.47. The van der Waals surface area contributed by atoms with E-state index >= 15 is 0 Å². The molecule has 5 nitrogen and oxygen atoms in total. The average Bonchev–Trinajstić information content (AvgIpc) is 2.82. The van der Waals surface area contributed by atoms with E-state index in [4.69, 9.17) is 13.3 Å². The predicted molar refractivity (Wildman–Crippen MR) is 69.0 cm³/mol. The topological polar surface area (TPSA) is 56.8 Å². The van der Waals surface area contributed by atoms with Gasteiger partial charge in [0.05, 0.1) is 19.8 Å². The number of hydrogen-bond donors (Lipinski definition) is 1. The summed E-state index contributed by atoms with van der Waals surface area (Å²) in [6.07, 6.45) is 0. The molecular formula is C12H23NO4Si. The van der Waals surface area contributed by atoms with Crippen molar-refractivity contribution in [1.82, 2.24) is 5.32 Å². The molecule has 2 bridgehead atoms. The molecule has 2 fully saturated rings. The lowest BCUT2D eigenvalue weighted by Gasteiger charge is -2.26. The minimum Gasteiger partial charge on any atom is -0.369 e. The lowest BCUT2D eigenvalue weighted by molar-refractivity contribution is -0.126. The lowest BCUT2D eigenvalue weighted by atomic mass is 9.90. The molecule has 0 saturated carbocycles. The Kier molecular flexibility index (Phi) is 3.44. The predicted octanol–water partition coefficient (Wildman–Crippen LogP) is 1.31. The van der Waals surface area contributed by atoms with E-state index in [0.717, 1.165) is 0 Å². The van der Waals surface area contributed by atoms with Gasteiger partial charge in [-0.15, -0.1) is 0 Å². The zero-order valence-electron chi connectivity index (χ0n) is 11.8. The van der Waals surface area contributed by atoms with E-state index < -0.39 is 14.5 Å². The molecule has 0 radical (unpaired) electrons. The van der Waals surface area contributed by atoms with Crippen LogP contribution in [0.25, 0.3) is 0 Å². The van der Waals surface area contributed by atoms with Gasteiger partial charge in [-0.05, 0) is 0 Å². The molecule has 1 N–H and O–H groups in total. The summed E-state index contributed by atoms with van der Waals surface area (Å²) < 4.78 is 17.5. The monoisotopic (exact) mass is 273 g/mol. The van der Waals surface area contributed by atoms with Gasteiger partial charge in [-0.25, -0.2) is 0 Å². The van der Waals surface area contributed by atoms with Crippen LogP contribution >= 0.6 is 0 Å².